The molecule has 2 amide bonds. The lowest BCUT2D eigenvalue weighted by atomic mass is 10.2. The third kappa shape index (κ3) is 5.29. The summed E-state index contributed by atoms with van der Waals surface area (Å²) in [5, 5.41) is 5.65. The highest BCUT2D eigenvalue weighted by Crippen LogP contribution is 2.22. The Hall–Kier alpha value is -2.41. The predicted octanol–water partition coefficient (Wildman–Crippen LogP) is 3.98. The van der Waals surface area contributed by atoms with E-state index in [-0.39, 0.29) is 18.2 Å². The van der Waals surface area contributed by atoms with Crippen LogP contribution in [0.2, 0.25) is 0 Å². The zero-order valence-electron chi connectivity index (χ0n) is 13.9. The van der Waals surface area contributed by atoms with Crippen LogP contribution in [0.25, 0.3) is 0 Å². The van der Waals surface area contributed by atoms with E-state index in [0.717, 1.165) is 25.0 Å². The summed E-state index contributed by atoms with van der Waals surface area (Å²) < 4.78 is 26.0. The highest BCUT2D eigenvalue weighted by Gasteiger charge is 2.23. The first kappa shape index (κ1) is 18.4. The van der Waals surface area contributed by atoms with Crippen molar-refractivity contribution in [1.82, 2.24) is 5.32 Å². The number of carbonyl (C=O) groups is 2. The summed E-state index contributed by atoms with van der Waals surface area (Å²) in [5.41, 5.74) is 1.17. The third-order valence-corrected chi connectivity index (χ3v) is 4.83. The summed E-state index contributed by atoms with van der Waals surface area (Å²) in [6, 6.07) is 10.7. The van der Waals surface area contributed by atoms with Gasteiger partial charge in [0.2, 0.25) is 5.91 Å². The fraction of sp³-hybridized carbons (Fsp3) is 0.263. The number of carbonyl (C=O) groups excluding carboxylic acids is 2. The van der Waals surface area contributed by atoms with E-state index < -0.39 is 11.6 Å². The van der Waals surface area contributed by atoms with Gasteiger partial charge in [-0.25, -0.2) is 8.78 Å². The highest BCUT2D eigenvalue weighted by atomic mass is 32.2. The third-order valence-electron chi connectivity index (χ3n) is 3.83. The van der Waals surface area contributed by atoms with E-state index in [2.05, 4.69) is 10.6 Å². The SMILES string of the molecule is O=C(CCSc1ccc(F)c(F)c1)Nc1ccc(C(=O)NC2CC2)cc1. The Balaban J connectivity index is 1.43. The van der Waals surface area contributed by atoms with Crippen LogP contribution in [0.4, 0.5) is 14.5 Å². The number of halogens is 2. The number of nitrogens with one attached hydrogen (secondary N) is 2. The molecule has 0 unspecified atom stereocenters. The summed E-state index contributed by atoms with van der Waals surface area (Å²) in [6.07, 6.45) is 2.29. The molecule has 0 aliphatic heterocycles. The first-order valence-electron chi connectivity index (χ1n) is 8.30. The Bertz CT molecular complexity index is 808. The first-order chi connectivity index (χ1) is 12.5. The molecule has 3 rings (SSSR count). The number of hydrogen-bond donors (Lipinski definition) is 2. The van der Waals surface area contributed by atoms with Crippen LogP contribution in [0.1, 0.15) is 29.6 Å². The van der Waals surface area contributed by atoms with E-state index in [4.69, 9.17) is 0 Å². The lowest BCUT2D eigenvalue weighted by Gasteiger charge is -2.07. The average Bonchev–Trinajstić information content (AvgIpc) is 3.42. The minimum Gasteiger partial charge on any atom is -0.349 e. The van der Waals surface area contributed by atoms with Crippen molar-refractivity contribution in [2.24, 2.45) is 0 Å². The van der Waals surface area contributed by atoms with E-state index >= 15 is 0 Å². The molecule has 0 atom stereocenters. The van der Waals surface area contributed by atoms with Gasteiger partial charge in [0, 0.05) is 34.4 Å². The number of amides is 2. The summed E-state index contributed by atoms with van der Waals surface area (Å²) >= 11 is 1.28. The summed E-state index contributed by atoms with van der Waals surface area (Å²) in [7, 11) is 0. The fourth-order valence-electron chi connectivity index (χ4n) is 2.25. The molecule has 0 bridgehead atoms. The molecule has 0 spiro atoms. The molecular weight excluding hydrogens is 358 g/mol. The molecular formula is C19H18F2N2O2S. The Labute approximate surface area is 154 Å². The summed E-state index contributed by atoms with van der Waals surface area (Å²) in [6.45, 7) is 0. The smallest absolute Gasteiger partial charge is 0.251 e. The molecule has 1 fully saturated rings. The van der Waals surface area contributed by atoms with E-state index in [9.17, 15) is 18.4 Å². The van der Waals surface area contributed by atoms with Crippen molar-refractivity contribution in [1.29, 1.82) is 0 Å². The van der Waals surface area contributed by atoms with Gasteiger partial charge in [-0.3, -0.25) is 9.59 Å². The summed E-state index contributed by atoms with van der Waals surface area (Å²) in [5.74, 6) is -1.63. The van der Waals surface area contributed by atoms with E-state index in [0.29, 0.717) is 27.9 Å². The lowest BCUT2D eigenvalue weighted by Crippen LogP contribution is -2.25. The van der Waals surface area contributed by atoms with Gasteiger partial charge < -0.3 is 10.6 Å². The lowest BCUT2D eigenvalue weighted by molar-refractivity contribution is -0.115. The Morgan fingerprint density at radius 3 is 2.42 bits per heavy atom. The fourth-order valence-corrected chi connectivity index (χ4v) is 3.13. The molecule has 26 heavy (non-hydrogen) atoms. The number of rotatable bonds is 7. The van der Waals surface area contributed by atoms with E-state index in [1.807, 2.05) is 0 Å². The van der Waals surface area contributed by atoms with Gasteiger partial charge in [-0.2, -0.15) is 0 Å². The van der Waals surface area contributed by atoms with Gasteiger partial charge in [-0.15, -0.1) is 11.8 Å². The second-order valence-electron chi connectivity index (χ2n) is 6.05. The minimum absolute atomic E-state index is 0.103. The Morgan fingerprint density at radius 2 is 1.77 bits per heavy atom. The zero-order chi connectivity index (χ0) is 18.5. The van der Waals surface area contributed by atoms with Crippen LogP contribution in [0, 0.1) is 11.6 Å². The minimum atomic E-state index is -0.898. The number of benzene rings is 2. The second kappa shape index (κ2) is 8.31. The first-order valence-corrected chi connectivity index (χ1v) is 9.28. The van der Waals surface area contributed by atoms with Gasteiger partial charge in [-0.05, 0) is 55.3 Å². The predicted molar refractivity (Wildman–Crippen MR) is 97.3 cm³/mol. The quantitative estimate of drug-likeness (QED) is 0.719. The van der Waals surface area contributed by atoms with Crippen molar-refractivity contribution in [3.63, 3.8) is 0 Å². The molecule has 4 nitrogen and oxygen atoms in total. The van der Waals surface area contributed by atoms with Crippen molar-refractivity contribution in [3.8, 4) is 0 Å². The summed E-state index contributed by atoms with van der Waals surface area (Å²) in [4.78, 5) is 24.4. The molecule has 2 N–H and O–H groups in total. The molecule has 136 valence electrons. The van der Waals surface area contributed by atoms with Crippen molar-refractivity contribution < 1.29 is 18.4 Å². The molecule has 1 aliphatic carbocycles. The molecule has 1 aliphatic rings. The molecule has 7 heteroatoms. The number of thioether (sulfide) groups is 1. The maximum Gasteiger partial charge on any atom is 0.251 e. The zero-order valence-corrected chi connectivity index (χ0v) is 14.7. The van der Waals surface area contributed by atoms with E-state index in [1.54, 1.807) is 24.3 Å². The van der Waals surface area contributed by atoms with Crippen molar-refractivity contribution in [2.75, 3.05) is 11.1 Å². The second-order valence-corrected chi connectivity index (χ2v) is 7.22. The van der Waals surface area contributed by atoms with Crippen LogP contribution >= 0.6 is 11.8 Å². The molecule has 1 saturated carbocycles. The van der Waals surface area contributed by atoms with Gasteiger partial charge in [0.25, 0.3) is 5.91 Å². The van der Waals surface area contributed by atoms with Crippen molar-refractivity contribution in [3.05, 3.63) is 59.7 Å². The number of hydrogen-bond acceptors (Lipinski definition) is 3. The normalized spacial score (nSPS) is 13.3. The largest absolute Gasteiger partial charge is 0.349 e. The topological polar surface area (TPSA) is 58.2 Å². The van der Waals surface area contributed by atoms with Crippen LogP contribution < -0.4 is 10.6 Å². The Morgan fingerprint density at radius 1 is 1.04 bits per heavy atom. The van der Waals surface area contributed by atoms with Gasteiger partial charge in [0.15, 0.2) is 11.6 Å². The van der Waals surface area contributed by atoms with Crippen LogP contribution in [-0.2, 0) is 4.79 Å². The molecule has 0 heterocycles. The van der Waals surface area contributed by atoms with Gasteiger partial charge in [0.1, 0.15) is 0 Å². The molecule has 0 aromatic heterocycles. The van der Waals surface area contributed by atoms with Crippen LogP contribution in [0.5, 0.6) is 0 Å². The maximum absolute atomic E-state index is 13.1. The van der Waals surface area contributed by atoms with Crippen LogP contribution in [0.3, 0.4) is 0 Å². The molecule has 2 aromatic carbocycles. The van der Waals surface area contributed by atoms with Gasteiger partial charge in [-0.1, -0.05) is 0 Å². The standard InChI is InChI=1S/C19H18F2N2O2S/c20-16-8-7-15(11-17(16)21)26-10-9-18(24)22-13-3-1-12(2-4-13)19(25)23-14-5-6-14/h1-4,7-8,11,14H,5-6,9-10H2,(H,22,24)(H,23,25). The molecule has 0 saturated heterocycles. The van der Waals surface area contributed by atoms with Gasteiger partial charge >= 0.3 is 0 Å². The average molecular weight is 376 g/mol. The molecule has 2 aromatic rings. The van der Waals surface area contributed by atoms with Crippen molar-refractivity contribution in [2.45, 2.75) is 30.2 Å². The highest BCUT2D eigenvalue weighted by molar-refractivity contribution is 7.99. The Kier molecular flexibility index (Phi) is 5.88. The molecule has 0 radical (unpaired) electrons. The van der Waals surface area contributed by atoms with Crippen molar-refractivity contribution >= 4 is 29.3 Å². The monoisotopic (exact) mass is 376 g/mol. The number of anilines is 1. The van der Waals surface area contributed by atoms with Crippen LogP contribution in [0.15, 0.2) is 47.4 Å². The van der Waals surface area contributed by atoms with E-state index in [1.165, 1.54) is 17.8 Å². The van der Waals surface area contributed by atoms with Crippen LogP contribution in [-0.4, -0.2) is 23.6 Å². The maximum atomic E-state index is 13.1. The van der Waals surface area contributed by atoms with Gasteiger partial charge in [0.05, 0.1) is 0 Å².